The number of ether oxygens (including phenoxy) is 1. The largest absolute Gasteiger partial charge is 0.465 e. The van der Waals surface area contributed by atoms with Crippen LogP contribution in [0.25, 0.3) is 0 Å². The Morgan fingerprint density at radius 2 is 1.85 bits per heavy atom. The van der Waals surface area contributed by atoms with Crippen molar-refractivity contribution in [1.29, 1.82) is 0 Å². The van der Waals surface area contributed by atoms with Crippen LogP contribution in [0.3, 0.4) is 0 Å². The summed E-state index contributed by atoms with van der Waals surface area (Å²) in [6, 6.07) is 11.1. The van der Waals surface area contributed by atoms with E-state index in [-0.39, 0.29) is 5.91 Å². The Labute approximate surface area is 121 Å². The third-order valence-electron chi connectivity index (χ3n) is 2.92. The molecule has 1 aromatic heterocycles. The molecule has 1 N–H and O–H groups in total. The van der Waals surface area contributed by atoms with Gasteiger partial charge in [-0.25, -0.2) is 4.79 Å². The molecule has 0 aliphatic rings. The van der Waals surface area contributed by atoms with Gasteiger partial charge in [-0.05, 0) is 30.2 Å². The van der Waals surface area contributed by atoms with Gasteiger partial charge in [0.25, 0.3) is 5.91 Å². The lowest BCUT2D eigenvalue weighted by molar-refractivity contribution is 0.0606. The highest BCUT2D eigenvalue weighted by molar-refractivity contribution is 7.15. The second-order valence-electron chi connectivity index (χ2n) is 4.26. The number of thiophene rings is 1. The molecule has 2 rings (SSSR count). The Balaban J connectivity index is 2.00. The molecule has 2 aromatic rings. The fraction of sp³-hybridized carbons (Fsp3) is 0.200. The van der Waals surface area contributed by atoms with E-state index in [0.29, 0.717) is 16.3 Å². The number of amides is 1. The highest BCUT2D eigenvalue weighted by atomic mass is 32.1. The van der Waals surface area contributed by atoms with E-state index in [4.69, 9.17) is 0 Å². The average Bonchev–Trinajstić information content (AvgIpc) is 2.95. The Hall–Kier alpha value is -2.14. The molecular weight excluding hydrogens is 274 g/mol. The number of hydrogen-bond acceptors (Lipinski definition) is 4. The maximum absolute atomic E-state index is 12.0. The van der Waals surface area contributed by atoms with Crippen LogP contribution in [0.5, 0.6) is 0 Å². The molecule has 0 atom stereocenters. The summed E-state index contributed by atoms with van der Waals surface area (Å²) in [5, 5.41) is 2.85. The molecule has 0 aliphatic carbocycles. The predicted molar refractivity (Wildman–Crippen MR) is 78.0 cm³/mol. The van der Waals surface area contributed by atoms with E-state index in [1.54, 1.807) is 12.1 Å². The smallest absolute Gasteiger partial charge is 0.348 e. The molecule has 4 nitrogen and oxygen atoms in total. The lowest BCUT2D eigenvalue weighted by atomic mass is 10.1. The molecule has 0 aliphatic heterocycles. The van der Waals surface area contributed by atoms with Crippen LogP contribution in [0.15, 0.2) is 36.4 Å². The first-order valence-corrected chi connectivity index (χ1v) is 6.94. The van der Waals surface area contributed by atoms with Gasteiger partial charge < -0.3 is 10.1 Å². The second-order valence-corrected chi connectivity index (χ2v) is 5.35. The van der Waals surface area contributed by atoms with E-state index in [1.165, 1.54) is 7.11 Å². The third-order valence-corrected chi connectivity index (χ3v) is 3.98. The fourth-order valence-corrected chi connectivity index (χ4v) is 2.58. The predicted octanol–water partition coefficient (Wildman–Crippen LogP) is 2.77. The van der Waals surface area contributed by atoms with Gasteiger partial charge in [0.05, 0.1) is 12.0 Å². The van der Waals surface area contributed by atoms with Crippen molar-refractivity contribution in [3.8, 4) is 0 Å². The standard InChI is InChI=1S/C15H15NO3S/c1-10-5-3-4-6-11(10)9-16-14(17)12-7-8-13(20-12)15(18)19-2/h3-8H,9H2,1-2H3,(H,16,17). The van der Waals surface area contributed by atoms with Gasteiger partial charge in [-0.2, -0.15) is 0 Å². The number of aryl methyl sites for hydroxylation is 1. The molecule has 0 spiro atoms. The number of carbonyl (C=O) groups excluding carboxylic acids is 2. The van der Waals surface area contributed by atoms with Crippen LogP contribution in [0.4, 0.5) is 0 Å². The maximum atomic E-state index is 12.0. The van der Waals surface area contributed by atoms with Crippen molar-refractivity contribution >= 4 is 23.2 Å². The molecular formula is C15H15NO3S. The van der Waals surface area contributed by atoms with Crippen molar-refractivity contribution in [1.82, 2.24) is 5.32 Å². The lowest BCUT2D eigenvalue weighted by Gasteiger charge is -2.06. The number of carbonyl (C=O) groups is 2. The highest BCUT2D eigenvalue weighted by Gasteiger charge is 2.13. The summed E-state index contributed by atoms with van der Waals surface area (Å²) in [6.07, 6.45) is 0. The van der Waals surface area contributed by atoms with Crippen LogP contribution in [0.1, 0.15) is 30.5 Å². The van der Waals surface area contributed by atoms with Crippen molar-refractivity contribution in [2.24, 2.45) is 0 Å². The van der Waals surface area contributed by atoms with Gasteiger partial charge >= 0.3 is 5.97 Å². The van der Waals surface area contributed by atoms with Gasteiger partial charge in [0.15, 0.2) is 0 Å². The van der Waals surface area contributed by atoms with E-state index >= 15 is 0 Å². The molecule has 0 saturated carbocycles. The van der Waals surface area contributed by atoms with Gasteiger partial charge in [0.1, 0.15) is 4.88 Å². The van der Waals surface area contributed by atoms with Crippen molar-refractivity contribution < 1.29 is 14.3 Å². The molecule has 0 saturated heterocycles. The number of rotatable bonds is 4. The minimum atomic E-state index is -0.423. The normalized spacial score (nSPS) is 10.1. The Bertz CT molecular complexity index is 634. The second kappa shape index (κ2) is 6.34. The average molecular weight is 289 g/mol. The summed E-state index contributed by atoms with van der Waals surface area (Å²) >= 11 is 1.13. The van der Waals surface area contributed by atoms with E-state index in [0.717, 1.165) is 22.5 Å². The molecule has 1 aromatic carbocycles. The van der Waals surface area contributed by atoms with Gasteiger partial charge in [-0.3, -0.25) is 4.79 Å². The van der Waals surface area contributed by atoms with E-state index in [2.05, 4.69) is 10.1 Å². The Morgan fingerprint density at radius 1 is 1.15 bits per heavy atom. The topological polar surface area (TPSA) is 55.4 Å². The van der Waals surface area contributed by atoms with Crippen molar-refractivity contribution in [2.45, 2.75) is 13.5 Å². The number of hydrogen-bond donors (Lipinski definition) is 1. The lowest BCUT2D eigenvalue weighted by Crippen LogP contribution is -2.22. The van der Waals surface area contributed by atoms with Crippen LogP contribution >= 0.6 is 11.3 Å². The SMILES string of the molecule is COC(=O)c1ccc(C(=O)NCc2ccccc2C)s1. The molecule has 0 bridgehead atoms. The summed E-state index contributed by atoms with van der Waals surface area (Å²) in [5.41, 5.74) is 2.21. The summed E-state index contributed by atoms with van der Waals surface area (Å²) in [6.45, 7) is 2.47. The zero-order chi connectivity index (χ0) is 14.5. The Morgan fingerprint density at radius 3 is 2.55 bits per heavy atom. The molecule has 1 heterocycles. The Kier molecular flexibility index (Phi) is 4.53. The van der Waals surface area contributed by atoms with Crippen LogP contribution in [0, 0.1) is 6.92 Å². The quantitative estimate of drug-likeness (QED) is 0.881. The highest BCUT2D eigenvalue weighted by Crippen LogP contribution is 2.17. The van der Waals surface area contributed by atoms with Crippen molar-refractivity contribution in [3.05, 3.63) is 57.3 Å². The molecule has 0 fully saturated rings. The van der Waals surface area contributed by atoms with E-state index in [1.807, 2.05) is 31.2 Å². The molecule has 0 unspecified atom stereocenters. The van der Waals surface area contributed by atoms with E-state index < -0.39 is 5.97 Å². The minimum absolute atomic E-state index is 0.187. The molecule has 104 valence electrons. The third kappa shape index (κ3) is 3.24. The summed E-state index contributed by atoms with van der Waals surface area (Å²) in [5.74, 6) is -0.610. The maximum Gasteiger partial charge on any atom is 0.348 e. The summed E-state index contributed by atoms with van der Waals surface area (Å²) < 4.78 is 4.61. The minimum Gasteiger partial charge on any atom is -0.465 e. The molecule has 1 amide bonds. The van der Waals surface area contributed by atoms with Crippen molar-refractivity contribution in [3.63, 3.8) is 0 Å². The first kappa shape index (κ1) is 14.3. The number of methoxy groups -OCH3 is 1. The zero-order valence-corrected chi connectivity index (χ0v) is 12.1. The zero-order valence-electron chi connectivity index (χ0n) is 11.3. The summed E-state index contributed by atoms with van der Waals surface area (Å²) in [7, 11) is 1.32. The van der Waals surface area contributed by atoms with Crippen molar-refractivity contribution in [2.75, 3.05) is 7.11 Å². The molecule has 20 heavy (non-hydrogen) atoms. The number of nitrogens with one attached hydrogen (secondary N) is 1. The van der Waals surface area contributed by atoms with Gasteiger partial charge in [0.2, 0.25) is 0 Å². The van der Waals surface area contributed by atoms with Gasteiger partial charge in [0, 0.05) is 6.54 Å². The number of benzene rings is 1. The van der Waals surface area contributed by atoms with Crippen LogP contribution in [-0.4, -0.2) is 19.0 Å². The molecule has 5 heteroatoms. The first-order chi connectivity index (χ1) is 9.61. The van der Waals surface area contributed by atoms with Crippen LogP contribution < -0.4 is 5.32 Å². The summed E-state index contributed by atoms with van der Waals surface area (Å²) in [4.78, 5) is 24.3. The van der Waals surface area contributed by atoms with Gasteiger partial charge in [-0.1, -0.05) is 24.3 Å². The van der Waals surface area contributed by atoms with E-state index in [9.17, 15) is 9.59 Å². The van der Waals surface area contributed by atoms with Crippen LogP contribution in [0.2, 0.25) is 0 Å². The van der Waals surface area contributed by atoms with Crippen LogP contribution in [-0.2, 0) is 11.3 Å². The molecule has 0 radical (unpaired) electrons. The number of esters is 1. The fourth-order valence-electron chi connectivity index (χ4n) is 1.74. The van der Waals surface area contributed by atoms with Gasteiger partial charge in [-0.15, -0.1) is 11.3 Å². The first-order valence-electron chi connectivity index (χ1n) is 6.12. The monoisotopic (exact) mass is 289 g/mol.